The molecule has 1 aromatic carbocycles. The first-order valence-corrected chi connectivity index (χ1v) is 4.57. The molecular formula is C9H8ClF3N2O. The average Bonchev–Trinajstić information content (AvgIpc) is 2.11. The van der Waals surface area contributed by atoms with Gasteiger partial charge in [-0.15, -0.1) is 0 Å². The molecule has 0 radical (unpaired) electrons. The maximum Gasteiger partial charge on any atom is 0.405 e. The molecule has 0 heterocycles. The van der Waals surface area contributed by atoms with Crippen LogP contribution in [-0.2, 0) is 0 Å². The third kappa shape index (κ3) is 3.98. The lowest BCUT2D eigenvalue weighted by Crippen LogP contribution is -2.33. The van der Waals surface area contributed by atoms with E-state index in [1.807, 2.05) is 0 Å². The average molecular weight is 253 g/mol. The largest absolute Gasteiger partial charge is 0.405 e. The van der Waals surface area contributed by atoms with Gasteiger partial charge in [-0.3, -0.25) is 4.79 Å². The summed E-state index contributed by atoms with van der Waals surface area (Å²) in [5.74, 6) is -0.869. The van der Waals surface area contributed by atoms with Crippen molar-refractivity contribution in [1.29, 1.82) is 0 Å². The number of nitrogens with one attached hydrogen (secondary N) is 1. The maximum atomic E-state index is 11.8. The number of carbonyl (C=O) groups is 1. The number of nitrogens with two attached hydrogens (primary N) is 1. The van der Waals surface area contributed by atoms with E-state index < -0.39 is 18.6 Å². The van der Waals surface area contributed by atoms with E-state index >= 15 is 0 Å². The van der Waals surface area contributed by atoms with E-state index in [1.165, 1.54) is 18.2 Å². The number of anilines is 1. The molecular weight excluding hydrogens is 245 g/mol. The Morgan fingerprint density at radius 2 is 2.00 bits per heavy atom. The Hall–Kier alpha value is -1.43. The standard InChI is InChI=1S/C9H8ClF3N2O/c10-6-1-5(2-7(14)3-6)8(16)15-4-9(11,12)13/h1-3H,4,14H2,(H,15,16). The highest BCUT2D eigenvalue weighted by atomic mass is 35.5. The molecule has 1 rings (SSSR count). The number of carbonyl (C=O) groups excluding carboxylic acids is 1. The van der Waals surface area contributed by atoms with Gasteiger partial charge in [0.05, 0.1) is 0 Å². The Kier molecular flexibility index (Phi) is 3.64. The summed E-state index contributed by atoms with van der Waals surface area (Å²) in [4.78, 5) is 11.3. The lowest BCUT2D eigenvalue weighted by molar-refractivity contribution is -0.123. The monoisotopic (exact) mass is 252 g/mol. The van der Waals surface area contributed by atoms with Crippen LogP contribution in [0.15, 0.2) is 18.2 Å². The number of alkyl halides is 3. The highest BCUT2D eigenvalue weighted by Crippen LogP contribution is 2.17. The first kappa shape index (κ1) is 12.6. The van der Waals surface area contributed by atoms with Crippen molar-refractivity contribution in [2.75, 3.05) is 12.3 Å². The Balaban J connectivity index is 2.73. The Morgan fingerprint density at radius 3 is 2.50 bits per heavy atom. The molecule has 0 aliphatic heterocycles. The van der Waals surface area contributed by atoms with E-state index in [-0.39, 0.29) is 16.3 Å². The summed E-state index contributed by atoms with van der Waals surface area (Å²) in [6, 6.07) is 3.88. The molecule has 3 nitrogen and oxygen atoms in total. The minimum atomic E-state index is -4.44. The zero-order valence-corrected chi connectivity index (χ0v) is 8.69. The molecule has 0 saturated heterocycles. The van der Waals surface area contributed by atoms with Crippen LogP contribution in [0.25, 0.3) is 0 Å². The van der Waals surface area contributed by atoms with Gasteiger partial charge in [0.15, 0.2) is 0 Å². The SMILES string of the molecule is Nc1cc(Cl)cc(C(=O)NCC(F)(F)F)c1. The molecule has 0 bridgehead atoms. The van der Waals surface area contributed by atoms with Gasteiger partial charge < -0.3 is 11.1 Å². The Labute approximate surface area is 94.4 Å². The van der Waals surface area contributed by atoms with Crippen LogP contribution in [0.3, 0.4) is 0 Å². The van der Waals surface area contributed by atoms with Gasteiger partial charge in [-0.2, -0.15) is 13.2 Å². The van der Waals surface area contributed by atoms with Crippen LogP contribution in [0.4, 0.5) is 18.9 Å². The number of amides is 1. The molecule has 7 heteroatoms. The van der Waals surface area contributed by atoms with E-state index in [4.69, 9.17) is 17.3 Å². The van der Waals surface area contributed by atoms with Crippen LogP contribution >= 0.6 is 11.6 Å². The summed E-state index contributed by atoms with van der Waals surface area (Å²) in [5.41, 5.74) is 5.60. The second kappa shape index (κ2) is 4.61. The predicted molar refractivity (Wildman–Crippen MR) is 54.3 cm³/mol. The molecule has 88 valence electrons. The normalized spacial score (nSPS) is 11.2. The molecule has 1 aromatic rings. The summed E-state index contributed by atoms with van der Waals surface area (Å²) < 4.78 is 35.5. The lowest BCUT2D eigenvalue weighted by atomic mass is 10.2. The van der Waals surface area contributed by atoms with Crippen LogP contribution in [-0.4, -0.2) is 18.6 Å². The van der Waals surface area contributed by atoms with Crippen LogP contribution < -0.4 is 11.1 Å². The summed E-state index contributed by atoms with van der Waals surface area (Å²) in [6.45, 7) is -1.39. The molecule has 0 aliphatic carbocycles. The van der Waals surface area contributed by atoms with Gasteiger partial charge in [0.1, 0.15) is 6.54 Å². The van der Waals surface area contributed by atoms with Gasteiger partial charge in [-0.1, -0.05) is 11.6 Å². The molecule has 0 unspecified atom stereocenters. The zero-order chi connectivity index (χ0) is 12.3. The van der Waals surface area contributed by atoms with Crippen molar-refractivity contribution >= 4 is 23.2 Å². The molecule has 3 N–H and O–H groups in total. The number of rotatable bonds is 2. The zero-order valence-electron chi connectivity index (χ0n) is 7.94. The number of hydrogen-bond acceptors (Lipinski definition) is 2. The van der Waals surface area contributed by atoms with E-state index in [0.717, 1.165) is 0 Å². The minimum Gasteiger partial charge on any atom is -0.399 e. The highest BCUT2D eigenvalue weighted by molar-refractivity contribution is 6.31. The molecule has 0 fully saturated rings. The van der Waals surface area contributed by atoms with Gasteiger partial charge in [0.25, 0.3) is 5.91 Å². The highest BCUT2D eigenvalue weighted by Gasteiger charge is 2.27. The first-order valence-electron chi connectivity index (χ1n) is 4.19. The molecule has 0 aliphatic rings. The number of nitrogen functional groups attached to an aromatic ring is 1. The second-order valence-electron chi connectivity index (χ2n) is 3.07. The molecule has 0 aromatic heterocycles. The molecule has 0 saturated carbocycles. The van der Waals surface area contributed by atoms with Crippen LogP contribution in [0.2, 0.25) is 5.02 Å². The number of hydrogen-bond donors (Lipinski definition) is 2. The minimum absolute atomic E-state index is 0.00532. The second-order valence-corrected chi connectivity index (χ2v) is 3.51. The summed E-state index contributed by atoms with van der Waals surface area (Å²) in [5, 5.41) is 1.91. The van der Waals surface area contributed by atoms with Gasteiger partial charge in [0, 0.05) is 16.3 Å². The third-order valence-corrected chi connectivity index (χ3v) is 1.85. The van der Waals surface area contributed by atoms with Crippen molar-refractivity contribution in [3.05, 3.63) is 28.8 Å². The van der Waals surface area contributed by atoms with Gasteiger partial charge in [-0.05, 0) is 18.2 Å². The third-order valence-electron chi connectivity index (χ3n) is 1.63. The quantitative estimate of drug-likeness (QED) is 0.793. The van der Waals surface area contributed by atoms with E-state index in [9.17, 15) is 18.0 Å². The fraction of sp³-hybridized carbons (Fsp3) is 0.222. The molecule has 0 spiro atoms. The smallest absolute Gasteiger partial charge is 0.399 e. The van der Waals surface area contributed by atoms with Crippen LogP contribution in [0.5, 0.6) is 0 Å². The van der Waals surface area contributed by atoms with Crippen LogP contribution in [0.1, 0.15) is 10.4 Å². The Bertz CT molecular complexity index is 386. The van der Waals surface area contributed by atoms with Crippen molar-refractivity contribution in [3.8, 4) is 0 Å². The van der Waals surface area contributed by atoms with Crippen molar-refractivity contribution < 1.29 is 18.0 Å². The van der Waals surface area contributed by atoms with Gasteiger partial charge in [0.2, 0.25) is 0 Å². The van der Waals surface area contributed by atoms with Crippen molar-refractivity contribution in [2.24, 2.45) is 0 Å². The van der Waals surface area contributed by atoms with E-state index in [1.54, 1.807) is 5.32 Å². The van der Waals surface area contributed by atoms with Crippen LogP contribution in [0, 0.1) is 0 Å². The van der Waals surface area contributed by atoms with Crippen molar-refractivity contribution in [1.82, 2.24) is 5.32 Å². The lowest BCUT2D eigenvalue weighted by Gasteiger charge is -2.08. The first-order chi connectivity index (χ1) is 7.28. The number of halogens is 4. The molecule has 0 atom stereocenters. The maximum absolute atomic E-state index is 11.8. The van der Waals surface area contributed by atoms with Gasteiger partial charge >= 0.3 is 6.18 Å². The van der Waals surface area contributed by atoms with Crippen molar-refractivity contribution in [3.63, 3.8) is 0 Å². The number of benzene rings is 1. The topological polar surface area (TPSA) is 55.1 Å². The summed E-state index contributed by atoms with van der Waals surface area (Å²) >= 11 is 5.60. The van der Waals surface area contributed by atoms with Gasteiger partial charge in [-0.25, -0.2) is 0 Å². The van der Waals surface area contributed by atoms with E-state index in [2.05, 4.69) is 0 Å². The van der Waals surface area contributed by atoms with E-state index in [0.29, 0.717) is 0 Å². The molecule has 16 heavy (non-hydrogen) atoms. The summed E-state index contributed by atoms with van der Waals surface area (Å²) in [6.07, 6.45) is -4.44. The summed E-state index contributed by atoms with van der Waals surface area (Å²) in [7, 11) is 0. The van der Waals surface area contributed by atoms with Crippen molar-refractivity contribution in [2.45, 2.75) is 6.18 Å². The predicted octanol–water partition coefficient (Wildman–Crippen LogP) is 2.21. The molecule has 1 amide bonds. The Morgan fingerprint density at radius 1 is 1.38 bits per heavy atom. The fourth-order valence-electron chi connectivity index (χ4n) is 1.03. The fourth-order valence-corrected chi connectivity index (χ4v) is 1.27.